The first-order chi connectivity index (χ1) is 14.7. The normalized spacial score (nSPS) is 34.9. The zero-order chi connectivity index (χ0) is 20.1. The number of nitrogens with zero attached hydrogens (tertiary/aromatic N) is 2. The molecule has 4 bridgehead atoms. The number of piperazine rings is 1. The molecule has 2 nitrogen and oxygen atoms in total. The lowest BCUT2D eigenvalue weighted by atomic mass is 9.47. The van der Waals surface area contributed by atoms with Crippen LogP contribution in [0.1, 0.15) is 61.3 Å². The third kappa shape index (κ3) is 3.24. The first-order valence-corrected chi connectivity index (χ1v) is 12.3. The second-order valence-corrected chi connectivity index (χ2v) is 10.9. The van der Waals surface area contributed by atoms with Crippen molar-refractivity contribution in [3.05, 3.63) is 71.3 Å². The van der Waals surface area contributed by atoms with Crippen molar-refractivity contribution in [2.75, 3.05) is 33.2 Å². The molecule has 30 heavy (non-hydrogen) atoms. The minimum atomic E-state index is 0.393. The number of rotatable bonds is 4. The SMILES string of the molecule is CN1CCN(C(c2ccccc2)c2ccccc2C23CC4CC(CC(C4)C2)C3)CC1. The van der Waals surface area contributed by atoms with Gasteiger partial charge in [0.2, 0.25) is 0 Å². The monoisotopic (exact) mass is 400 g/mol. The number of hydrogen-bond donors (Lipinski definition) is 0. The Morgan fingerprint density at radius 3 is 1.93 bits per heavy atom. The van der Waals surface area contributed by atoms with Crippen molar-refractivity contribution in [3.8, 4) is 0 Å². The van der Waals surface area contributed by atoms with Gasteiger partial charge in [-0.2, -0.15) is 0 Å². The molecule has 2 heteroatoms. The maximum Gasteiger partial charge on any atom is 0.0605 e. The van der Waals surface area contributed by atoms with Crippen LogP contribution in [0.15, 0.2) is 54.6 Å². The molecular weight excluding hydrogens is 364 g/mol. The summed E-state index contributed by atoms with van der Waals surface area (Å²) >= 11 is 0. The van der Waals surface area contributed by atoms with Crippen LogP contribution in [0.3, 0.4) is 0 Å². The molecule has 2 aromatic carbocycles. The topological polar surface area (TPSA) is 6.48 Å². The van der Waals surface area contributed by atoms with E-state index in [-0.39, 0.29) is 0 Å². The van der Waals surface area contributed by atoms with Gasteiger partial charge >= 0.3 is 0 Å². The summed E-state index contributed by atoms with van der Waals surface area (Å²) in [6, 6.07) is 21.4. The molecule has 5 fully saturated rings. The molecule has 0 amide bonds. The lowest BCUT2D eigenvalue weighted by Crippen LogP contribution is -2.50. The van der Waals surface area contributed by atoms with Crippen LogP contribution in [0, 0.1) is 17.8 Å². The van der Waals surface area contributed by atoms with Crippen molar-refractivity contribution in [2.45, 2.75) is 50.0 Å². The van der Waals surface area contributed by atoms with E-state index in [9.17, 15) is 0 Å². The van der Waals surface area contributed by atoms with Gasteiger partial charge in [0.15, 0.2) is 0 Å². The quantitative estimate of drug-likeness (QED) is 0.669. The molecule has 1 atom stereocenters. The van der Waals surface area contributed by atoms with Crippen LogP contribution in [-0.4, -0.2) is 43.0 Å². The lowest BCUT2D eigenvalue weighted by Gasteiger charge is -2.58. The van der Waals surface area contributed by atoms with Crippen LogP contribution in [-0.2, 0) is 5.41 Å². The van der Waals surface area contributed by atoms with E-state index in [1.807, 2.05) is 0 Å². The third-order valence-corrected chi connectivity index (χ3v) is 8.88. The third-order valence-electron chi connectivity index (χ3n) is 8.88. The minimum absolute atomic E-state index is 0.393. The second-order valence-electron chi connectivity index (χ2n) is 10.9. The van der Waals surface area contributed by atoms with Gasteiger partial charge in [-0.05, 0) is 85.4 Å². The Bertz CT molecular complexity index is 845. The van der Waals surface area contributed by atoms with E-state index in [1.165, 1.54) is 57.2 Å². The Kier molecular flexibility index (Phi) is 4.77. The van der Waals surface area contributed by atoms with Crippen molar-refractivity contribution >= 4 is 0 Å². The molecular formula is C28H36N2. The summed E-state index contributed by atoms with van der Waals surface area (Å²) in [6.07, 6.45) is 8.88. The maximum atomic E-state index is 2.76. The zero-order valence-corrected chi connectivity index (χ0v) is 18.5. The molecule has 0 N–H and O–H groups in total. The van der Waals surface area contributed by atoms with Gasteiger partial charge < -0.3 is 4.90 Å². The Labute approximate surface area is 182 Å². The zero-order valence-electron chi connectivity index (χ0n) is 18.5. The van der Waals surface area contributed by atoms with E-state index in [0.717, 1.165) is 30.8 Å². The van der Waals surface area contributed by atoms with Crippen LogP contribution < -0.4 is 0 Å². The van der Waals surface area contributed by atoms with Gasteiger partial charge in [0.05, 0.1) is 6.04 Å². The number of likely N-dealkylation sites (N-methyl/N-ethyl adjacent to an activating group) is 1. The van der Waals surface area contributed by atoms with E-state index in [1.54, 1.807) is 11.1 Å². The molecule has 1 saturated heterocycles. The Balaban J connectivity index is 1.44. The Morgan fingerprint density at radius 1 is 0.733 bits per heavy atom. The van der Waals surface area contributed by atoms with Gasteiger partial charge in [0.25, 0.3) is 0 Å². The highest BCUT2D eigenvalue weighted by Crippen LogP contribution is 2.61. The van der Waals surface area contributed by atoms with Crippen LogP contribution in [0.5, 0.6) is 0 Å². The summed E-state index contributed by atoms with van der Waals surface area (Å²) in [6.45, 7) is 4.66. The molecule has 4 saturated carbocycles. The van der Waals surface area contributed by atoms with Crippen molar-refractivity contribution < 1.29 is 0 Å². The molecule has 158 valence electrons. The maximum absolute atomic E-state index is 2.76. The number of benzene rings is 2. The van der Waals surface area contributed by atoms with E-state index in [2.05, 4.69) is 71.4 Å². The summed E-state index contributed by atoms with van der Waals surface area (Å²) < 4.78 is 0. The van der Waals surface area contributed by atoms with Gasteiger partial charge in [-0.15, -0.1) is 0 Å². The first-order valence-electron chi connectivity index (χ1n) is 12.3. The highest BCUT2D eigenvalue weighted by Gasteiger charge is 2.52. The van der Waals surface area contributed by atoms with Crippen LogP contribution in [0.4, 0.5) is 0 Å². The average Bonchev–Trinajstić information content (AvgIpc) is 2.75. The van der Waals surface area contributed by atoms with Crippen molar-refractivity contribution in [2.24, 2.45) is 17.8 Å². The predicted molar refractivity (Wildman–Crippen MR) is 124 cm³/mol. The molecule has 0 radical (unpaired) electrons. The molecule has 5 aliphatic rings. The molecule has 7 rings (SSSR count). The Hall–Kier alpha value is -1.64. The highest BCUT2D eigenvalue weighted by molar-refractivity contribution is 5.43. The van der Waals surface area contributed by atoms with Crippen LogP contribution in [0.2, 0.25) is 0 Å². The smallest absolute Gasteiger partial charge is 0.0605 e. The second kappa shape index (κ2) is 7.50. The summed E-state index contributed by atoms with van der Waals surface area (Å²) in [5, 5.41) is 0. The van der Waals surface area contributed by atoms with E-state index in [4.69, 9.17) is 0 Å². The first kappa shape index (κ1) is 19.1. The minimum Gasteiger partial charge on any atom is -0.304 e. The number of hydrogen-bond acceptors (Lipinski definition) is 2. The lowest BCUT2D eigenvalue weighted by molar-refractivity contribution is -0.00622. The summed E-state index contributed by atoms with van der Waals surface area (Å²) in [5.74, 6) is 2.97. The molecule has 1 aliphatic heterocycles. The summed E-state index contributed by atoms with van der Waals surface area (Å²) in [5.41, 5.74) is 5.23. The fourth-order valence-electron chi connectivity index (χ4n) is 7.96. The molecule has 1 heterocycles. The van der Waals surface area contributed by atoms with Crippen molar-refractivity contribution in [1.29, 1.82) is 0 Å². The molecule has 0 aromatic heterocycles. The highest BCUT2D eigenvalue weighted by atomic mass is 15.3. The van der Waals surface area contributed by atoms with Gasteiger partial charge in [0.1, 0.15) is 0 Å². The fourth-order valence-corrected chi connectivity index (χ4v) is 7.96. The molecule has 2 aromatic rings. The standard InChI is InChI=1S/C28H36N2/c1-29-11-13-30(14-12-29)27(24-7-3-2-4-8-24)25-9-5-6-10-26(25)28-18-21-15-22(19-28)17-23(16-21)20-28/h2-10,21-23,27H,11-20H2,1H3. The average molecular weight is 401 g/mol. The molecule has 4 aliphatic carbocycles. The van der Waals surface area contributed by atoms with Crippen LogP contribution in [0.25, 0.3) is 0 Å². The summed E-state index contributed by atoms with van der Waals surface area (Å²) in [7, 11) is 2.26. The van der Waals surface area contributed by atoms with Crippen molar-refractivity contribution in [3.63, 3.8) is 0 Å². The molecule has 0 spiro atoms. The van der Waals surface area contributed by atoms with Gasteiger partial charge in [-0.3, -0.25) is 4.90 Å². The van der Waals surface area contributed by atoms with Gasteiger partial charge in [-0.25, -0.2) is 0 Å². The largest absolute Gasteiger partial charge is 0.304 e. The predicted octanol–water partition coefficient (Wildman–Crippen LogP) is 5.49. The molecule has 1 unspecified atom stereocenters. The van der Waals surface area contributed by atoms with E-state index in [0.29, 0.717) is 11.5 Å². The van der Waals surface area contributed by atoms with E-state index >= 15 is 0 Å². The van der Waals surface area contributed by atoms with Gasteiger partial charge in [-0.1, -0.05) is 54.6 Å². The van der Waals surface area contributed by atoms with Crippen LogP contribution >= 0.6 is 0 Å². The van der Waals surface area contributed by atoms with Gasteiger partial charge in [0, 0.05) is 26.2 Å². The Morgan fingerprint density at radius 2 is 1.30 bits per heavy atom. The fraction of sp³-hybridized carbons (Fsp3) is 0.571. The van der Waals surface area contributed by atoms with Crippen molar-refractivity contribution in [1.82, 2.24) is 9.80 Å². The summed E-state index contributed by atoms with van der Waals surface area (Å²) in [4.78, 5) is 5.23. The van der Waals surface area contributed by atoms with E-state index < -0.39 is 0 Å².